The summed E-state index contributed by atoms with van der Waals surface area (Å²) in [5, 5.41) is 3.81. The molecule has 0 aliphatic heterocycles. The molecule has 2 aromatic rings. The lowest BCUT2D eigenvalue weighted by Crippen LogP contribution is -2.23. The summed E-state index contributed by atoms with van der Waals surface area (Å²) in [5.74, 6) is 0.576. The lowest BCUT2D eigenvalue weighted by molar-refractivity contribution is 0.627. The Morgan fingerprint density at radius 2 is 1.86 bits per heavy atom. The van der Waals surface area contributed by atoms with E-state index in [1.165, 1.54) is 12.1 Å². The number of anilines is 2. The molecule has 0 bridgehead atoms. The van der Waals surface area contributed by atoms with Gasteiger partial charge >= 0.3 is 0 Å². The molecule has 0 aliphatic carbocycles. The van der Waals surface area contributed by atoms with Gasteiger partial charge in [0, 0.05) is 18.8 Å². The molecule has 1 N–H and O–H groups in total. The fraction of sp³-hybridized carbons (Fsp3) is 0.312. The summed E-state index contributed by atoms with van der Waals surface area (Å²) in [6, 6.07) is 10.2. The quantitative estimate of drug-likeness (QED) is 0.861. The van der Waals surface area contributed by atoms with E-state index in [9.17, 15) is 4.39 Å². The molecule has 0 atom stereocenters. The number of rotatable bonds is 6. The smallest absolute Gasteiger partial charge is 0.126 e. The molecule has 112 valence electrons. The van der Waals surface area contributed by atoms with Crippen LogP contribution < -0.4 is 10.2 Å². The minimum Gasteiger partial charge on any atom is -0.370 e. The largest absolute Gasteiger partial charge is 0.370 e. The van der Waals surface area contributed by atoms with Crippen molar-refractivity contribution in [1.29, 1.82) is 0 Å². The van der Waals surface area contributed by atoms with E-state index in [0.717, 1.165) is 30.3 Å². The topological polar surface area (TPSA) is 28.2 Å². The minimum atomic E-state index is -0.236. The summed E-state index contributed by atoms with van der Waals surface area (Å²) >= 11 is 6.23. The van der Waals surface area contributed by atoms with Crippen LogP contribution in [0.15, 0.2) is 36.4 Å². The molecule has 0 spiro atoms. The standard InChI is InChI=1S/C16H19ClFN3/c1-3-19-16-10-9-14(17)15(20-16)11-21(4-2)13-7-5-12(18)6-8-13/h5-10H,3-4,11H2,1-2H3,(H,19,20). The molecule has 0 amide bonds. The van der Waals surface area contributed by atoms with Crippen LogP contribution in [0.5, 0.6) is 0 Å². The van der Waals surface area contributed by atoms with Crippen LogP contribution in [-0.2, 0) is 6.54 Å². The van der Waals surface area contributed by atoms with Crippen molar-refractivity contribution in [2.45, 2.75) is 20.4 Å². The second-order valence-electron chi connectivity index (χ2n) is 4.65. The molecule has 1 aromatic heterocycles. The van der Waals surface area contributed by atoms with Gasteiger partial charge in [-0.3, -0.25) is 0 Å². The number of nitrogens with zero attached hydrogens (tertiary/aromatic N) is 2. The van der Waals surface area contributed by atoms with Crippen LogP contribution in [0.2, 0.25) is 5.02 Å². The summed E-state index contributed by atoms with van der Waals surface area (Å²) in [6.45, 7) is 6.25. The van der Waals surface area contributed by atoms with Crippen LogP contribution in [0.3, 0.4) is 0 Å². The van der Waals surface area contributed by atoms with Crippen molar-refractivity contribution in [3.63, 3.8) is 0 Å². The van der Waals surface area contributed by atoms with Gasteiger partial charge in [-0.25, -0.2) is 9.37 Å². The second-order valence-corrected chi connectivity index (χ2v) is 5.05. The predicted octanol–water partition coefficient (Wildman–Crippen LogP) is 4.33. The number of benzene rings is 1. The molecule has 0 unspecified atom stereocenters. The van der Waals surface area contributed by atoms with Crippen molar-refractivity contribution in [2.24, 2.45) is 0 Å². The highest BCUT2D eigenvalue weighted by Crippen LogP contribution is 2.22. The molecule has 0 saturated heterocycles. The zero-order valence-corrected chi connectivity index (χ0v) is 13.0. The van der Waals surface area contributed by atoms with Gasteiger partial charge in [0.1, 0.15) is 11.6 Å². The van der Waals surface area contributed by atoms with E-state index in [4.69, 9.17) is 11.6 Å². The summed E-state index contributed by atoms with van der Waals surface area (Å²) < 4.78 is 13.0. The number of hydrogen-bond acceptors (Lipinski definition) is 3. The molecular formula is C16H19ClFN3. The number of aromatic nitrogens is 1. The zero-order chi connectivity index (χ0) is 15.2. The van der Waals surface area contributed by atoms with E-state index < -0.39 is 0 Å². The number of halogens is 2. The maximum Gasteiger partial charge on any atom is 0.126 e. The van der Waals surface area contributed by atoms with Crippen molar-refractivity contribution in [1.82, 2.24) is 4.98 Å². The van der Waals surface area contributed by atoms with Crippen molar-refractivity contribution in [2.75, 3.05) is 23.3 Å². The number of nitrogens with one attached hydrogen (secondary N) is 1. The summed E-state index contributed by atoms with van der Waals surface area (Å²) in [7, 11) is 0. The minimum absolute atomic E-state index is 0.236. The Bertz CT molecular complexity index is 587. The monoisotopic (exact) mass is 307 g/mol. The maximum atomic E-state index is 13.0. The Labute approximate surface area is 129 Å². The van der Waals surface area contributed by atoms with E-state index in [2.05, 4.69) is 15.2 Å². The number of pyridine rings is 1. The van der Waals surface area contributed by atoms with Gasteiger partial charge in [0.05, 0.1) is 17.3 Å². The van der Waals surface area contributed by atoms with Gasteiger partial charge in [0.15, 0.2) is 0 Å². The van der Waals surface area contributed by atoms with Crippen LogP contribution in [-0.4, -0.2) is 18.1 Å². The first kappa shape index (κ1) is 15.6. The fourth-order valence-electron chi connectivity index (χ4n) is 2.09. The molecule has 0 fully saturated rings. The Morgan fingerprint density at radius 1 is 1.14 bits per heavy atom. The lowest BCUT2D eigenvalue weighted by Gasteiger charge is -2.23. The molecule has 1 aromatic carbocycles. The molecule has 21 heavy (non-hydrogen) atoms. The summed E-state index contributed by atoms with van der Waals surface area (Å²) in [5.41, 5.74) is 1.76. The number of hydrogen-bond donors (Lipinski definition) is 1. The molecule has 1 heterocycles. The summed E-state index contributed by atoms with van der Waals surface area (Å²) in [4.78, 5) is 6.63. The first-order chi connectivity index (χ1) is 10.1. The Morgan fingerprint density at radius 3 is 2.48 bits per heavy atom. The fourth-order valence-corrected chi connectivity index (χ4v) is 2.26. The van der Waals surface area contributed by atoms with Gasteiger partial charge in [-0.05, 0) is 50.2 Å². The van der Waals surface area contributed by atoms with E-state index >= 15 is 0 Å². The molecule has 0 aliphatic rings. The van der Waals surface area contributed by atoms with Crippen LogP contribution in [0, 0.1) is 5.82 Å². The van der Waals surface area contributed by atoms with Gasteiger partial charge in [-0.2, -0.15) is 0 Å². The van der Waals surface area contributed by atoms with Crippen molar-refractivity contribution in [3.8, 4) is 0 Å². The first-order valence-corrected chi connectivity index (χ1v) is 7.41. The molecular weight excluding hydrogens is 289 g/mol. The van der Waals surface area contributed by atoms with Crippen LogP contribution in [0.4, 0.5) is 15.9 Å². The van der Waals surface area contributed by atoms with Crippen molar-refractivity contribution in [3.05, 3.63) is 52.9 Å². The molecule has 0 radical (unpaired) electrons. The Hall–Kier alpha value is -1.81. The molecule has 0 saturated carbocycles. The average Bonchev–Trinajstić information content (AvgIpc) is 2.49. The van der Waals surface area contributed by atoms with Crippen molar-refractivity contribution < 1.29 is 4.39 Å². The van der Waals surface area contributed by atoms with Gasteiger partial charge in [0.2, 0.25) is 0 Å². The normalized spacial score (nSPS) is 10.5. The third kappa shape index (κ3) is 4.08. The van der Waals surface area contributed by atoms with Crippen LogP contribution in [0.1, 0.15) is 19.5 Å². The Balaban J connectivity index is 2.21. The maximum absolute atomic E-state index is 13.0. The summed E-state index contributed by atoms with van der Waals surface area (Å²) in [6.07, 6.45) is 0. The average molecular weight is 308 g/mol. The molecule has 5 heteroatoms. The zero-order valence-electron chi connectivity index (χ0n) is 12.2. The van der Waals surface area contributed by atoms with Gasteiger partial charge in [0.25, 0.3) is 0 Å². The molecule has 2 rings (SSSR count). The first-order valence-electron chi connectivity index (χ1n) is 7.03. The van der Waals surface area contributed by atoms with E-state index in [0.29, 0.717) is 11.6 Å². The highest BCUT2D eigenvalue weighted by atomic mass is 35.5. The highest BCUT2D eigenvalue weighted by Gasteiger charge is 2.10. The third-order valence-corrected chi connectivity index (χ3v) is 3.53. The van der Waals surface area contributed by atoms with E-state index in [1.807, 2.05) is 26.0 Å². The van der Waals surface area contributed by atoms with E-state index in [-0.39, 0.29) is 5.82 Å². The Kier molecular flexibility index (Phi) is 5.39. The predicted molar refractivity (Wildman–Crippen MR) is 86.5 cm³/mol. The highest BCUT2D eigenvalue weighted by molar-refractivity contribution is 6.31. The van der Waals surface area contributed by atoms with Crippen LogP contribution in [0.25, 0.3) is 0 Å². The van der Waals surface area contributed by atoms with Crippen molar-refractivity contribution >= 4 is 23.1 Å². The SMILES string of the molecule is CCNc1ccc(Cl)c(CN(CC)c2ccc(F)cc2)n1. The van der Waals surface area contributed by atoms with Gasteiger partial charge in [-0.15, -0.1) is 0 Å². The molecule has 3 nitrogen and oxygen atoms in total. The van der Waals surface area contributed by atoms with Gasteiger partial charge in [-0.1, -0.05) is 11.6 Å². The second kappa shape index (κ2) is 7.27. The van der Waals surface area contributed by atoms with E-state index in [1.54, 1.807) is 12.1 Å². The van der Waals surface area contributed by atoms with Gasteiger partial charge < -0.3 is 10.2 Å². The lowest BCUT2D eigenvalue weighted by atomic mass is 10.2. The third-order valence-electron chi connectivity index (χ3n) is 3.19. The van der Waals surface area contributed by atoms with Crippen LogP contribution >= 0.6 is 11.6 Å².